The Morgan fingerprint density at radius 3 is 2.63 bits per heavy atom. The summed E-state index contributed by atoms with van der Waals surface area (Å²) in [6.45, 7) is 5.50. The maximum Gasteiger partial charge on any atom is 0.0702 e. The molecule has 19 heavy (non-hydrogen) atoms. The summed E-state index contributed by atoms with van der Waals surface area (Å²) in [5.41, 5.74) is 3.12. The van der Waals surface area contributed by atoms with E-state index in [1.54, 1.807) is 11.1 Å². The highest BCUT2D eigenvalue weighted by Crippen LogP contribution is 2.27. The fourth-order valence-electron chi connectivity index (χ4n) is 3.51. The lowest BCUT2D eigenvalue weighted by Gasteiger charge is -2.36. The van der Waals surface area contributed by atoms with E-state index < -0.39 is 0 Å². The Morgan fingerprint density at radius 1 is 1.21 bits per heavy atom. The van der Waals surface area contributed by atoms with Crippen LogP contribution in [0.25, 0.3) is 0 Å². The zero-order valence-electron chi connectivity index (χ0n) is 12.0. The van der Waals surface area contributed by atoms with Gasteiger partial charge in [-0.3, -0.25) is 4.90 Å². The molecule has 3 rings (SSSR count). The van der Waals surface area contributed by atoms with Crippen molar-refractivity contribution in [3.05, 3.63) is 35.4 Å². The molecule has 1 aliphatic heterocycles. The number of benzene rings is 1. The normalized spacial score (nSPS) is 24.6. The number of fused-ring (bicyclic) bond motifs is 1. The molecule has 0 spiro atoms. The molecule has 0 saturated carbocycles. The van der Waals surface area contributed by atoms with Gasteiger partial charge in [0.2, 0.25) is 0 Å². The number of hydrogen-bond donors (Lipinski definition) is 0. The molecule has 1 heterocycles. The van der Waals surface area contributed by atoms with E-state index in [9.17, 15) is 0 Å². The van der Waals surface area contributed by atoms with Crippen LogP contribution in [0.4, 0.5) is 0 Å². The summed E-state index contributed by atoms with van der Waals surface area (Å²) < 4.78 is 5.96. The van der Waals surface area contributed by atoms with Crippen LogP contribution in [0.3, 0.4) is 0 Å². The van der Waals surface area contributed by atoms with Crippen molar-refractivity contribution in [2.24, 2.45) is 0 Å². The summed E-state index contributed by atoms with van der Waals surface area (Å²) in [6, 6.07) is 9.65. The second kappa shape index (κ2) is 6.06. The third-order valence-electron chi connectivity index (χ3n) is 4.51. The minimum absolute atomic E-state index is 0.470. The van der Waals surface area contributed by atoms with Crippen molar-refractivity contribution in [2.45, 2.75) is 51.2 Å². The van der Waals surface area contributed by atoms with Gasteiger partial charge in [-0.1, -0.05) is 31.2 Å². The van der Waals surface area contributed by atoms with Crippen molar-refractivity contribution in [3.8, 4) is 0 Å². The van der Waals surface area contributed by atoms with Crippen LogP contribution in [0.1, 0.15) is 37.3 Å². The molecular formula is C17H25NO. The molecule has 1 saturated heterocycles. The highest BCUT2D eigenvalue weighted by atomic mass is 16.5. The monoisotopic (exact) mass is 259 g/mol. The molecule has 0 amide bonds. The Balaban J connectivity index is 1.58. The van der Waals surface area contributed by atoms with E-state index >= 15 is 0 Å². The van der Waals surface area contributed by atoms with Crippen LogP contribution in [-0.4, -0.2) is 36.7 Å². The number of piperidine rings is 1. The Labute approximate surface area is 116 Å². The highest BCUT2D eigenvalue weighted by Gasteiger charge is 2.30. The molecule has 104 valence electrons. The van der Waals surface area contributed by atoms with Crippen molar-refractivity contribution in [3.63, 3.8) is 0 Å². The van der Waals surface area contributed by atoms with Crippen molar-refractivity contribution in [1.82, 2.24) is 4.90 Å². The summed E-state index contributed by atoms with van der Waals surface area (Å²) in [5.74, 6) is 0. The van der Waals surface area contributed by atoms with Crippen molar-refractivity contribution in [2.75, 3.05) is 19.7 Å². The number of nitrogens with zero attached hydrogens (tertiary/aromatic N) is 1. The Hall–Kier alpha value is -0.860. The first kappa shape index (κ1) is 13.1. The van der Waals surface area contributed by atoms with Crippen LogP contribution in [-0.2, 0) is 17.6 Å². The zero-order valence-corrected chi connectivity index (χ0v) is 12.0. The maximum absolute atomic E-state index is 5.96. The predicted molar refractivity (Wildman–Crippen MR) is 78.5 cm³/mol. The number of likely N-dealkylation sites (tertiary alicyclic amines) is 1. The van der Waals surface area contributed by atoms with Gasteiger partial charge in [0.25, 0.3) is 0 Å². The van der Waals surface area contributed by atoms with Gasteiger partial charge in [0, 0.05) is 19.2 Å². The molecule has 1 atom stereocenters. The standard InChI is InChI=1S/C17H25NO/c1-2-10-19-17-8-5-9-18(13-17)16-11-14-6-3-4-7-15(14)12-16/h3-4,6-7,16-17H,2,5,8-13H2,1H3. The Bertz CT molecular complexity index is 392. The van der Waals surface area contributed by atoms with E-state index in [-0.39, 0.29) is 0 Å². The van der Waals surface area contributed by atoms with Gasteiger partial charge in [0.15, 0.2) is 0 Å². The van der Waals surface area contributed by atoms with Gasteiger partial charge < -0.3 is 4.74 Å². The average Bonchev–Trinajstić information content (AvgIpc) is 2.89. The maximum atomic E-state index is 5.96. The first-order valence-electron chi connectivity index (χ1n) is 7.79. The summed E-state index contributed by atoms with van der Waals surface area (Å²) in [6.07, 6.45) is 6.60. The van der Waals surface area contributed by atoms with Crippen LogP contribution < -0.4 is 0 Å². The van der Waals surface area contributed by atoms with E-state index in [0.29, 0.717) is 12.1 Å². The molecule has 1 fully saturated rings. The highest BCUT2D eigenvalue weighted by molar-refractivity contribution is 5.33. The van der Waals surface area contributed by atoms with Crippen LogP contribution >= 0.6 is 0 Å². The topological polar surface area (TPSA) is 12.5 Å². The van der Waals surface area contributed by atoms with Gasteiger partial charge in [-0.05, 0) is 49.8 Å². The number of hydrogen-bond acceptors (Lipinski definition) is 2. The lowest BCUT2D eigenvalue weighted by molar-refractivity contribution is -0.0113. The third-order valence-corrected chi connectivity index (χ3v) is 4.51. The van der Waals surface area contributed by atoms with E-state index in [2.05, 4.69) is 36.1 Å². The van der Waals surface area contributed by atoms with Gasteiger partial charge >= 0.3 is 0 Å². The van der Waals surface area contributed by atoms with Gasteiger partial charge in [0.1, 0.15) is 0 Å². The zero-order chi connectivity index (χ0) is 13.1. The molecule has 1 aromatic carbocycles. The van der Waals surface area contributed by atoms with Gasteiger partial charge in [-0.25, -0.2) is 0 Å². The molecule has 0 radical (unpaired) electrons. The van der Waals surface area contributed by atoms with E-state index in [0.717, 1.165) is 19.6 Å². The van der Waals surface area contributed by atoms with E-state index in [1.165, 1.54) is 32.2 Å². The molecule has 2 heteroatoms. The molecule has 2 nitrogen and oxygen atoms in total. The summed E-state index contributed by atoms with van der Waals surface area (Å²) in [5, 5.41) is 0. The van der Waals surface area contributed by atoms with E-state index in [1.807, 2.05) is 0 Å². The Kier molecular flexibility index (Phi) is 4.19. The quantitative estimate of drug-likeness (QED) is 0.824. The molecule has 1 aromatic rings. The molecule has 1 unspecified atom stereocenters. The molecule has 0 bridgehead atoms. The average molecular weight is 259 g/mol. The number of ether oxygens (including phenoxy) is 1. The lowest BCUT2D eigenvalue weighted by atomic mass is 10.0. The molecule has 1 aliphatic carbocycles. The Morgan fingerprint density at radius 2 is 1.95 bits per heavy atom. The first-order chi connectivity index (χ1) is 9.36. The summed E-state index contributed by atoms with van der Waals surface area (Å²) >= 11 is 0. The molecule has 0 aromatic heterocycles. The second-order valence-electron chi connectivity index (χ2n) is 5.96. The van der Waals surface area contributed by atoms with Gasteiger partial charge in [-0.15, -0.1) is 0 Å². The molecule has 2 aliphatic rings. The third kappa shape index (κ3) is 3.01. The van der Waals surface area contributed by atoms with Crippen LogP contribution in [0.15, 0.2) is 24.3 Å². The summed E-state index contributed by atoms with van der Waals surface area (Å²) in [7, 11) is 0. The van der Waals surface area contributed by atoms with Crippen molar-refractivity contribution >= 4 is 0 Å². The SMILES string of the molecule is CCCOC1CCCN(C2Cc3ccccc3C2)C1. The molecule has 0 N–H and O–H groups in total. The van der Waals surface area contributed by atoms with Gasteiger partial charge in [0.05, 0.1) is 6.10 Å². The molecular weight excluding hydrogens is 234 g/mol. The minimum atomic E-state index is 0.470. The summed E-state index contributed by atoms with van der Waals surface area (Å²) in [4.78, 5) is 2.67. The smallest absolute Gasteiger partial charge is 0.0702 e. The number of rotatable bonds is 4. The van der Waals surface area contributed by atoms with Gasteiger partial charge in [-0.2, -0.15) is 0 Å². The van der Waals surface area contributed by atoms with E-state index in [4.69, 9.17) is 4.74 Å². The fraction of sp³-hybridized carbons (Fsp3) is 0.647. The van der Waals surface area contributed by atoms with Crippen LogP contribution in [0, 0.1) is 0 Å². The van der Waals surface area contributed by atoms with Crippen LogP contribution in [0.2, 0.25) is 0 Å². The lowest BCUT2D eigenvalue weighted by Crippen LogP contribution is -2.46. The largest absolute Gasteiger partial charge is 0.377 e. The predicted octanol–water partition coefficient (Wildman–Crippen LogP) is 3.04. The van der Waals surface area contributed by atoms with Crippen molar-refractivity contribution < 1.29 is 4.74 Å². The minimum Gasteiger partial charge on any atom is -0.377 e. The fourth-order valence-corrected chi connectivity index (χ4v) is 3.51. The van der Waals surface area contributed by atoms with Crippen LogP contribution in [0.5, 0.6) is 0 Å². The second-order valence-corrected chi connectivity index (χ2v) is 5.96. The van der Waals surface area contributed by atoms with Crippen molar-refractivity contribution in [1.29, 1.82) is 0 Å². The first-order valence-corrected chi connectivity index (χ1v) is 7.79.